The smallest absolute Gasteiger partial charge is 0.248 e. The Hall–Kier alpha value is -1.54. The minimum absolute atomic E-state index is 0.421. The van der Waals surface area contributed by atoms with Gasteiger partial charge in [-0.15, -0.1) is 0 Å². The SMILES string of the molecule is CCCCN(c1ccccc1)S(=O)(=O)CC#N. The molecule has 0 N–H and O–H groups in total. The van der Waals surface area contributed by atoms with Gasteiger partial charge in [0.2, 0.25) is 10.0 Å². The first-order valence-corrected chi connectivity index (χ1v) is 7.15. The van der Waals surface area contributed by atoms with Gasteiger partial charge in [0.1, 0.15) is 0 Å². The standard InChI is InChI=1S/C12H16N2O2S/c1-2-3-10-14(17(15,16)11-9-13)12-7-5-4-6-8-12/h4-8H,2-3,10-11H2,1H3. The van der Waals surface area contributed by atoms with Crippen LogP contribution in [0, 0.1) is 11.3 Å². The van der Waals surface area contributed by atoms with E-state index in [9.17, 15) is 8.42 Å². The molecule has 0 aliphatic carbocycles. The van der Waals surface area contributed by atoms with Crippen LogP contribution in [-0.4, -0.2) is 20.7 Å². The van der Waals surface area contributed by atoms with Crippen molar-refractivity contribution in [3.8, 4) is 6.07 Å². The summed E-state index contributed by atoms with van der Waals surface area (Å²) in [5, 5.41) is 8.57. The van der Waals surface area contributed by atoms with Crippen LogP contribution < -0.4 is 4.31 Å². The van der Waals surface area contributed by atoms with E-state index in [2.05, 4.69) is 0 Å². The lowest BCUT2D eigenvalue weighted by Crippen LogP contribution is -2.33. The van der Waals surface area contributed by atoms with Crippen LogP contribution in [0.25, 0.3) is 0 Å². The summed E-state index contributed by atoms with van der Waals surface area (Å²) >= 11 is 0. The summed E-state index contributed by atoms with van der Waals surface area (Å²) in [5.74, 6) is -0.481. The number of anilines is 1. The molecule has 1 aromatic rings. The highest BCUT2D eigenvalue weighted by molar-refractivity contribution is 7.93. The van der Waals surface area contributed by atoms with Crippen LogP contribution in [0.15, 0.2) is 30.3 Å². The molecule has 0 aromatic heterocycles. The third kappa shape index (κ3) is 3.75. The van der Waals surface area contributed by atoms with Crippen molar-refractivity contribution < 1.29 is 8.42 Å². The van der Waals surface area contributed by atoms with Gasteiger partial charge >= 0.3 is 0 Å². The van der Waals surface area contributed by atoms with Crippen molar-refractivity contribution in [2.24, 2.45) is 0 Å². The molecule has 0 heterocycles. The molecule has 0 atom stereocenters. The van der Waals surface area contributed by atoms with Crippen molar-refractivity contribution in [2.45, 2.75) is 19.8 Å². The third-order valence-electron chi connectivity index (χ3n) is 2.34. The van der Waals surface area contributed by atoms with E-state index in [-0.39, 0.29) is 0 Å². The molecule has 0 bridgehead atoms. The second kappa shape index (κ2) is 6.26. The predicted octanol–water partition coefficient (Wildman–Crippen LogP) is 2.15. The van der Waals surface area contributed by atoms with E-state index in [1.807, 2.05) is 13.0 Å². The number of hydrogen-bond acceptors (Lipinski definition) is 3. The lowest BCUT2D eigenvalue weighted by atomic mass is 10.3. The van der Waals surface area contributed by atoms with Crippen LogP contribution in [-0.2, 0) is 10.0 Å². The molecule has 0 saturated heterocycles. The minimum Gasteiger partial charge on any atom is -0.269 e. The first kappa shape index (κ1) is 13.5. The first-order valence-electron chi connectivity index (χ1n) is 5.54. The summed E-state index contributed by atoms with van der Waals surface area (Å²) < 4.78 is 25.2. The number of sulfonamides is 1. The minimum atomic E-state index is -3.53. The van der Waals surface area contributed by atoms with Gasteiger partial charge in [-0.3, -0.25) is 4.31 Å². The second-order valence-electron chi connectivity index (χ2n) is 3.68. The average molecular weight is 252 g/mol. The molecule has 1 aromatic carbocycles. The maximum atomic E-state index is 11.9. The zero-order chi connectivity index (χ0) is 12.7. The molecule has 5 heteroatoms. The quantitative estimate of drug-likeness (QED) is 0.779. The molecule has 17 heavy (non-hydrogen) atoms. The van der Waals surface area contributed by atoms with Gasteiger partial charge in [-0.05, 0) is 18.6 Å². The Kier molecular flexibility index (Phi) is 4.98. The lowest BCUT2D eigenvalue weighted by molar-refractivity contribution is 0.592. The highest BCUT2D eigenvalue weighted by Crippen LogP contribution is 2.18. The molecule has 0 fully saturated rings. The van der Waals surface area contributed by atoms with Crippen molar-refractivity contribution in [2.75, 3.05) is 16.6 Å². The number of nitriles is 1. The number of hydrogen-bond donors (Lipinski definition) is 0. The molecule has 0 aliphatic rings. The summed E-state index contributed by atoms with van der Waals surface area (Å²) in [6.45, 7) is 2.42. The topological polar surface area (TPSA) is 61.2 Å². The second-order valence-corrected chi connectivity index (χ2v) is 5.57. The normalized spacial score (nSPS) is 10.8. The summed E-state index contributed by atoms with van der Waals surface area (Å²) in [7, 11) is -3.53. The van der Waals surface area contributed by atoms with Crippen LogP contribution in [0.3, 0.4) is 0 Å². The Morgan fingerprint density at radius 3 is 2.47 bits per heavy atom. The fourth-order valence-corrected chi connectivity index (χ4v) is 2.65. The Bertz CT molecular complexity index is 477. The van der Waals surface area contributed by atoms with E-state index in [4.69, 9.17) is 5.26 Å². The number of rotatable bonds is 6. The van der Waals surface area contributed by atoms with Gasteiger partial charge < -0.3 is 0 Å². The fraction of sp³-hybridized carbons (Fsp3) is 0.417. The first-order chi connectivity index (χ1) is 8.11. The number of benzene rings is 1. The van der Waals surface area contributed by atoms with Gasteiger partial charge in [-0.25, -0.2) is 8.42 Å². The number of para-hydroxylation sites is 1. The van der Waals surface area contributed by atoms with Gasteiger partial charge in [0.05, 0.1) is 11.8 Å². The predicted molar refractivity (Wildman–Crippen MR) is 68.1 cm³/mol. The van der Waals surface area contributed by atoms with Gasteiger partial charge in [0.15, 0.2) is 5.75 Å². The van der Waals surface area contributed by atoms with E-state index in [1.54, 1.807) is 30.3 Å². The number of nitrogens with zero attached hydrogens (tertiary/aromatic N) is 2. The Balaban J connectivity index is 3.01. The van der Waals surface area contributed by atoms with E-state index < -0.39 is 15.8 Å². The fourth-order valence-electron chi connectivity index (χ4n) is 1.48. The molecule has 0 spiro atoms. The van der Waals surface area contributed by atoms with Crippen LogP contribution >= 0.6 is 0 Å². The van der Waals surface area contributed by atoms with E-state index in [1.165, 1.54) is 4.31 Å². The average Bonchev–Trinajstić information content (AvgIpc) is 2.30. The maximum Gasteiger partial charge on any atom is 0.248 e. The Morgan fingerprint density at radius 2 is 1.94 bits per heavy atom. The highest BCUT2D eigenvalue weighted by Gasteiger charge is 2.21. The summed E-state index contributed by atoms with van der Waals surface area (Å²) in [6.07, 6.45) is 1.69. The largest absolute Gasteiger partial charge is 0.269 e. The zero-order valence-electron chi connectivity index (χ0n) is 9.83. The van der Waals surface area contributed by atoms with Crippen LogP contribution in [0.5, 0.6) is 0 Å². The van der Waals surface area contributed by atoms with E-state index in [0.29, 0.717) is 12.2 Å². The van der Waals surface area contributed by atoms with E-state index >= 15 is 0 Å². The van der Waals surface area contributed by atoms with Crippen LogP contribution in [0.2, 0.25) is 0 Å². The highest BCUT2D eigenvalue weighted by atomic mass is 32.2. The van der Waals surface area contributed by atoms with Crippen molar-refractivity contribution >= 4 is 15.7 Å². The molecular weight excluding hydrogens is 236 g/mol. The van der Waals surface area contributed by atoms with Gasteiger partial charge in [-0.1, -0.05) is 31.5 Å². The zero-order valence-corrected chi connectivity index (χ0v) is 10.7. The Labute approximate surface area is 103 Å². The van der Waals surface area contributed by atoms with Gasteiger partial charge in [0.25, 0.3) is 0 Å². The van der Waals surface area contributed by atoms with E-state index in [0.717, 1.165) is 12.8 Å². The number of unbranched alkanes of at least 4 members (excludes halogenated alkanes) is 1. The molecule has 4 nitrogen and oxygen atoms in total. The van der Waals surface area contributed by atoms with Crippen molar-refractivity contribution in [3.05, 3.63) is 30.3 Å². The van der Waals surface area contributed by atoms with Crippen LogP contribution in [0.1, 0.15) is 19.8 Å². The summed E-state index contributed by atoms with van der Waals surface area (Å²) in [4.78, 5) is 0. The molecular formula is C12H16N2O2S. The van der Waals surface area contributed by atoms with Crippen molar-refractivity contribution in [3.63, 3.8) is 0 Å². The monoisotopic (exact) mass is 252 g/mol. The molecule has 1 rings (SSSR count). The molecule has 0 unspecified atom stereocenters. The third-order valence-corrected chi connectivity index (χ3v) is 3.90. The molecule has 92 valence electrons. The Morgan fingerprint density at radius 1 is 1.29 bits per heavy atom. The molecule has 0 radical (unpaired) electrons. The molecule has 0 amide bonds. The van der Waals surface area contributed by atoms with Gasteiger partial charge in [0, 0.05) is 6.54 Å². The van der Waals surface area contributed by atoms with Crippen LogP contribution in [0.4, 0.5) is 5.69 Å². The summed E-state index contributed by atoms with van der Waals surface area (Å²) in [5.41, 5.74) is 0.621. The lowest BCUT2D eigenvalue weighted by Gasteiger charge is -2.22. The van der Waals surface area contributed by atoms with Gasteiger partial charge in [-0.2, -0.15) is 5.26 Å². The molecule has 0 aliphatic heterocycles. The summed E-state index contributed by atoms with van der Waals surface area (Å²) in [6, 6.07) is 10.6. The van der Waals surface area contributed by atoms with Crippen molar-refractivity contribution in [1.29, 1.82) is 5.26 Å². The maximum absolute atomic E-state index is 11.9. The molecule has 0 saturated carbocycles. The van der Waals surface area contributed by atoms with Crippen molar-refractivity contribution in [1.82, 2.24) is 0 Å².